The summed E-state index contributed by atoms with van der Waals surface area (Å²) in [4.78, 5) is 24.6. The van der Waals surface area contributed by atoms with Crippen LogP contribution in [0.15, 0.2) is 0 Å². The number of hydrogen-bond donors (Lipinski definition) is 3. The van der Waals surface area contributed by atoms with Gasteiger partial charge in [0.15, 0.2) is 0 Å². The van der Waals surface area contributed by atoms with Gasteiger partial charge >= 0.3 is 6.03 Å². The van der Waals surface area contributed by atoms with Crippen LogP contribution in [-0.2, 0) is 4.79 Å². The largest absolute Gasteiger partial charge is 0.351 e. The lowest BCUT2D eigenvalue weighted by molar-refractivity contribution is -0.125. The second-order valence-electron chi connectivity index (χ2n) is 5.11. The van der Waals surface area contributed by atoms with Gasteiger partial charge in [-0.3, -0.25) is 15.0 Å². The summed E-state index contributed by atoms with van der Waals surface area (Å²) in [7, 11) is 0. The number of imide groups is 1. The van der Waals surface area contributed by atoms with Gasteiger partial charge < -0.3 is 11.1 Å². The SMILES string of the molecule is CC(C)N(CC1CCCN1)C(C)C(=O)NC(N)=O. The number of rotatable bonds is 5. The molecule has 18 heavy (non-hydrogen) atoms. The van der Waals surface area contributed by atoms with Crippen molar-refractivity contribution < 1.29 is 9.59 Å². The molecule has 0 aromatic heterocycles. The Hall–Kier alpha value is -1.14. The fourth-order valence-electron chi connectivity index (χ4n) is 2.36. The molecule has 1 rings (SSSR count). The number of carbonyl (C=O) groups is 2. The quantitative estimate of drug-likeness (QED) is 0.648. The van der Waals surface area contributed by atoms with Gasteiger partial charge in [0.05, 0.1) is 6.04 Å². The molecule has 2 unspecified atom stereocenters. The normalized spacial score (nSPS) is 21.3. The molecule has 1 heterocycles. The van der Waals surface area contributed by atoms with Crippen molar-refractivity contribution in [2.75, 3.05) is 13.1 Å². The summed E-state index contributed by atoms with van der Waals surface area (Å²) in [6.07, 6.45) is 2.31. The molecule has 0 aromatic carbocycles. The lowest BCUT2D eigenvalue weighted by Crippen LogP contribution is -2.53. The zero-order valence-electron chi connectivity index (χ0n) is 11.4. The molecule has 4 N–H and O–H groups in total. The van der Waals surface area contributed by atoms with Gasteiger partial charge in [-0.2, -0.15) is 0 Å². The third kappa shape index (κ3) is 4.27. The highest BCUT2D eigenvalue weighted by Gasteiger charge is 2.27. The Morgan fingerprint density at radius 2 is 2.11 bits per heavy atom. The van der Waals surface area contributed by atoms with Crippen LogP contribution in [0.4, 0.5) is 4.79 Å². The first-order valence-electron chi connectivity index (χ1n) is 6.51. The summed E-state index contributed by atoms with van der Waals surface area (Å²) in [5.74, 6) is -0.339. The Morgan fingerprint density at radius 1 is 1.44 bits per heavy atom. The van der Waals surface area contributed by atoms with Crippen molar-refractivity contribution in [3.05, 3.63) is 0 Å². The van der Waals surface area contributed by atoms with Crippen LogP contribution in [0.3, 0.4) is 0 Å². The van der Waals surface area contributed by atoms with Crippen molar-refractivity contribution in [2.45, 2.75) is 51.7 Å². The molecule has 3 amide bonds. The zero-order valence-corrected chi connectivity index (χ0v) is 11.4. The molecule has 1 fully saturated rings. The third-order valence-electron chi connectivity index (χ3n) is 3.38. The Labute approximate surface area is 108 Å². The Morgan fingerprint density at radius 3 is 2.56 bits per heavy atom. The maximum atomic E-state index is 11.8. The average Bonchev–Trinajstić information content (AvgIpc) is 2.76. The van der Waals surface area contributed by atoms with Gasteiger partial charge in [0.1, 0.15) is 0 Å². The summed E-state index contributed by atoms with van der Waals surface area (Å²) in [6.45, 7) is 7.74. The topological polar surface area (TPSA) is 87.5 Å². The van der Waals surface area contributed by atoms with Crippen LogP contribution in [0.25, 0.3) is 0 Å². The summed E-state index contributed by atoms with van der Waals surface area (Å²) in [5, 5.41) is 5.55. The molecule has 0 aliphatic carbocycles. The fourth-order valence-corrected chi connectivity index (χ4v) is 2.36. The number of carbonyl (C=O) groups excluding carboxylic acids is 2. The number of amides is 3. The smallest absolute Gasteiger partial charge is 0.318 e. The molecule has 1 aliphatic rings. The number of primary amides is 1. The minimum Gasteiger partial charge on any atom is -0.351 e. The van der Waals surface area contributed by atoms with Crippen LogP contribution >= 0.6 is 0 Å². The third-order valence-corrected chi connectivity index (χ3v) is 3.38. The standard InChI is InChI=1S/C12H24N4O2/c1-8(2)16(7-10-5-4-6-14-10)9(3)11(17)15-12(13)18/h8-10,14H,4-7H2,1-3H3,(H3,13,15,17,18). The van der Waals surface area contributed by atoms with Crippen molar-refractivity contribution >= 4 is 11.9 Å². The highest BCUT2D eigenvalue weighted by Crippen LogP contribution is 2.12. The van der Waals surface area contributed by atoms with E-state index < -0.39 is 6.03 Å². The first-order chi connectivity index (χ1) is 8.41. The van der Waals surface area contributed by atoms with Gasteiger partial charge in [0.25, 0.3) is 0 Å². The molecule has 0 saturated carbocycles. The highest BCUT2D eigenvalue weighted by atomic mass is 16.2. The van der Waals surface area contributed by atoms with Gasteiger partial charge in [0.2, 0.25) is 5.91 Å². The maximum Gasteiger partial charge on any atom is 0.318 e. The van der Waals surface area contributed by atoms with Crippen molar-refractivity contribution in [1.29, 1.82) is 0 Å². The molecule has 2 atom stereocenters. The van der Waals surface area contributed by atoms with Crippen LogP contribution in [0.5, 0.6) is 0 Å². The molecule has 104 valence electrons. The number of nitrogens with two attached hydrogens (primary N) is 1. The lowest BCUT2D eigenvalue weighted by Gasteiger charge is -2.33. The first kappa shape index (κ1) is 14.9. The minimum atomic E-state index is -0.797. The van der Waals surface area contributed by atoms with Crippen molar-refractivity contribution in [1.82, 2.24) is 15.5 Å². The van der Waals surface area contributed by atoms with Crippen LogP contribution < -0.4 is 16.4 Å². The minimum absolute atomic E-state index is 0.237. The summed E-state index contributed by atoms with van der Waals surface area (Å²) in [6, 6.07) is -0.494. The predicted octanol–water partition coefficient (Wildman–Crippen LogP) is 0.0322. The van der Waals surface area contributed by atoms with E-state index in [1.165, 1.54) is 6.42 Å². The molecule has 6 heteroatoms. The second-order valence-corrected chi connectivity index (χ2v) is 5.11. The average molecular weight is 256 g/mol. The van der Waals surface area contributed by atoms with Crippen LogP contribution in [-0.4, -0.2) is 48.1 Å². The monoisotopic (exact) mass is 256 g/mol. The van der Waals surface area contributed by atoms with Crippen LogP contribution in [0.2, 0.25) is 0 Å². The van der Waals surface area contributed by atoms with Crippen molar-refractivity contribution in [3.8, 4) is 0 Å². The molecule has 1 aliphatic heterocycles. The molecule has 1 saturated heterocycles. The van der Waals surface area contributed by atoms with Gasteiger partial charge in [0, 0.05) is 18.6 Å². The highest BCUT2D eigenvalue weighted by molar-refractivity contribution is 5.96. The lowest BCUT2D eigenvalue weighted by atomic mass is 10.1. The number of urea groups is 1. The van der Waals surface area contributed by atoms with E-state index in [2.05, 4.69) is 15.5 Å². The molecular weight excluding hydrogens is 232 g/mol. The van der Waals surface area contributed by atoms with Crippen molar-refractivity contribution in [2.24, 2.45) is 5.73 Å². The van der Waals surface area contributed by atoms with E-state index in [0.717, 1.165) is 19.5 Å². The van der Waals surface area contributed by atoms with E-state index in [1.54, 1.807) is 6.92 Å². The van der Waals surface area contributed by atoms with E-state index in [-0.39, 0.29) is 18.0 Å². The van der Waals surface area contributed by atoms with E-state index in [0.29, 0.717) is 6.04 Å². The Kier molecular flexibility index (Phi) is 5.55. The fraction of sp³-hybridized carbons (Fsp3) is 0.833. The summed E-state index contributed by atoms with van der Waals surface area (Å²) < 4.78 is 0. The molecule has 0 radical (unpaired) electrons. The zero-order chi connectivity index (χ0) is 13.7. The first-order valence-corrected chi connectivity index (χ1v) is 6.51. The Bertz CT molecular complexity index is 300. The van der Waals surface area contributed by atoms with E-state index in [4.69, 9.17) is 5.73 Å². The summed E-state index contributed by atoms with van der Waals surface area (Å²) in [5.41, 5.74) is 4.97. The van der Waals surface area contributed by atoms with Gasteiger partial charge in [-0.15, -0.1) is 0 Å². The van der Waals surface area contributed by atoms with E-state index >= 15 is 0 Å². The molecule has 6 nitrogen and oxygen atoms in total. The van der Waals surface area contributed by atoms with Crippen LogP contribution in [0, 0.1) is 0 Å². The van der Waals surface area contributed by atoms with E-state index in [9.17, 15) is 9.59 Å². The molecule has 0 spiro atoms. The molecule has 0 aromatic rings. The summed E-state index contributed by atoms with van der Waals surface area (Å²) >= 11 is 0. The van der Waals surface area contributed by atoms with Crippen LogP contribution in [0.1, 0.15) is 33.6 Å². The predicted molar refractivity (Wildman–Crippen MR) is 70.1 cm³/mol. The van der Waals surface area contributed by atoms with Gasteiger partial charge in [-0.25, -0.2) is 4.79 Å². The van der Waals surface area contributed by atoms with E-state index in [1.807, 2.05) is 13.8 Å². The number of nitrogens with one attached hydrogen (secondary N) is 2. The molecular formula is C12H24N4O2. The van der Waals surface area contributed by atoms with Gasteiger partial charge in [-0.05, 0) is 40.2 Å². The maximum absolute atomic E-state index is 11.8. The number of hydrogen-bond acceptors (Lipinski definition) is 4. The van der Waals surface area contributed by atoms with Gasteiger partial charge in [-0.1, -0.05) is 0 Å². The van der Waals surface area contributed by atoms with Crippen molar-refractivity contribution in [3.63, 3.8) is 0 Å². The Balaban J connectivity index is 2.59. The number of nitrogens with zero attached hydrogens (tertiary/aromatic N) is 1. The second kappa shape index (κ2) is 6.70. The molecule has 0 bridgehead atoms.